The molecular weight excluding hydrogens is 914 g/mol. The second-order valence-electron chi connectivity index (χ2n) is 14.6. The van der Waals surface area contributed by atoms with E-state index < -0.39 is 41.9 Å². The van der Waals surface area contributed by atoms with Gasteiger partial charge in [0.1, 0.15) is 18.7 Å². The molecule has 0 radical (unpaired) electrons. The number of hydrogen-bond donors (Lipinski definition) is 4. The van der Waals surface area contributed by atoms with E-state index in [0.717, 1.165) is 33.4 Å². The number of hydrogen-bond acceptors (Lipinski definition) is 9. The summed E-state index contributed by atoms with van der Waals surface area (Å²) >= 11 is 24.3. The Morgan fingerprint density at radius 1 is 0.554 bits per heavy atom. The van der Waals surface area contributed by atoms with Gasteiger partial charge in [-0.25, -0.2) is 9.59 Å². The van der Waals surface area contributed by atoms with Crippen molar-refractivity contribution in [2.24, 2.45) is 5.73 Å². The van der Waals surface area contributed by atoms with Gasteiger partial charge in [0.2, 0.25) is 0 Å². The molecule has 0 heterocycles. The highest BCUT2D eigenvalue weighted by Gasteiger charge is 2.30. The van der Waals surface area contributed by atoms with E-state index >= 15 is 0 Å². The van der Waals surface area contributed by atoms with Gasteiger partial charge in [0, 0.05) is 23.7 Å². The van der Waals surface area contributed by atoms with E-state index in [1.54, 1.807) is 84.9 Å². The van der Waals surface area contributed by atoms with Gasteiger partial charge >= 0.3 is 18.0 Å². The molecule has 334 valence electrons. The number of carbonyl (C=O) groups is 5. The highest BCUT2D eigenvalue weighted by Crippen LogP contribution is 2.44. The first-order chi connectivity index (χ1) is 31.3. The second kappa shape index (κ2) is 22.5. The Bertz CT molecular complexity index is 2610. The fourth-order valence-electron chi connectivity index (χ4n) is 7.11. The van der Waals surface area contributed by atoms with Crippen molar-refractivity contribution in [1.29, 1.82) is 0 Å². The van der Waals surface area contributed by atoms with E-state index in [2.05, 4.69) is 32.8 Å². The number of methoxy groups -OCH3 is 2. The number of halogens is 4. The van der Waals surface area contributed by atoms with Gasteiger partial charge in [0.25, 0.3) is 11.8 Å². The van der Waals surface area contributed by atoms with E-state index in [4.69, 9.17) is 61.6 Å². The lowest BCUT2D eigenvalue weighted by Crippen LogP contribution is -2.43. The van der Waals surface area contributed by atoms with Crippen LogP contribution in [0.1, 0.15) is 48.9 Å². The zero-order valence-electron chi connectivity index (χ0n) is 34.9. The third-order valence-electron chi connectivity index (χ3n) is 10.3. The predicted molar refractivity (Wildman–Crippen MR) is 253 cm³/mol. The molecule has 3 amide bonds. The summed E-state index contributed by atoms with van der Waals surface area (Å²) in [6, 6.07) is 37.9. The van der Waals surface area contributed by atoms with Gasteiger partial charge in [-0.3, -0.25) is 14.4 Å². The van der Waals surface area contributed by atoms with Crippen molar-refractivity contribution in [3.8, 4) is 11.1 Å². The smallest absolute Gasteiger partial charge is 0.407 e. The number of rotatable bonds is 13. The first-order valence-electron chi connectivity index (χ1n) is 20.0. The quantitative estimate of drug-likeness (QED) is 0.0649. The van der Waals surface area contributed by atoms with Crippen LogP contribution >= 0.6 is 46.4 Å². The monoisotopic (exact) mass is 954 g/mol. The summed E-state index contributed by atoms with van der Waals surface area (Å²) in [5.74, 6) is -2.03. The Balaban J connectivity index is 0.000000248. The first kappa shape index (κ1) is 48.1. The zero-order chi connectivity index (χ0) is 46.6. The molecule has 6 aromatic rings. The number of amides is 3. The van der Waals surface area contributed by atoms with Crippen molar-refractivity contribution < 1.29 is 38.2 Å². The third-order valence-corrected chi connectivity index (χ3v) is 11.6. The maximum absolute atomic E-state index is 12.8. The largest absolute Gasteiger partial charge is 0.468 e. The molecule has 1 aliphatic rings. The number of nitrogens with two attached hydrogens (primary N) is 1. The van der Waals surface area contributed by atoms with E-state index in [9.17, 15) is 24.0 Å². The zero-order valence-corrected chi connectivity index (χ0v) is 37.9. The molecule has 0 saturated carbocycles. The molecule has 65 heavy (non-hydrogen) atoms. The Kier molecular flexibility index (Phi) is 16.6. The van der Waals surface area contributed by atoms with Crippen LogP contribution in [0.4, 0.5) is 16.2 Å². The Labute approximate surface area is 395 Å². The standard InChI is InChI=1S/C32H26Cl2N2O5.C17H16Cl2N2O3/c1-40-31(38)28(17-19-13-15-20(16-14-19)35-30(37)29-26(33)11-6-12-27(29)34)36-32(39)41-18-25-23-9-4-2-7-21(23)22-8-3-5-10-24(22)25;1-24-17(23)14(20)9-10-5-7-11(8-6-10)21-16(22)15-12(18)3-2-4-13(15)19/h2-16,25,28H,17-18H2,1H3,(H,35,37)(H,36,39);2-8,14H,9,20H2,1H3,(H,21,22)/t28-;14-/m00/s1. The molecule has 16 heteroatoms. The van der Waals surface area contributed by atoms with Crippen LogP contribution in [-0.2, 0) is 36.6 Å². The molecule has 0 spiro atoms. The normalized spacial score (nSPS) is 12.2. The van der Waals surface area contributed by atoms with Crippen LogP contribution in [0.5, 0.6) is 0 Å². The van der Waals surface area contributed by atoms with Crippen LogP contribution in [-0.4, -0.2) is 62.8 Å². The molecule has 1 aliphatic carbocycles. The number of fused-ring (bicyclic) bond motifs is 3. The van der Waals surface area contributed by atoms with Crippen LogP contribution in [0.3, 0.4) is 0 Å². The van der Waals surface area contributed by atoms with Crippen molar-refractivity contribution in [2.75, 3.05) is 31.5 Å². The topological polar surface area (TPSA) is 175 Å². The summed E-state index contributed by atoms with van der Waals surface area (Å²) in [6.07, 6.45) is -0.221. The predicted octanol–water partition coefficient (Wildman–Crippen LogP) is 10.2. The molecule has 0 aromatic heterocycles. The van der Waals surface area contributed by atoms with E-state index in [1.165, 1.54) is 14.2 Å². The highest BCUT2D eigenvalue weighted by molar-refractivity contribution is 6.41. The first-order valence-corrected chi connectivity index (χ1v) is 21.5. The minimum Gasteiger partial charge on any atom is -0.468 e. The second-order valence-corrected chi connectivity index (χ2v) is 16.2. The van der Waals surface area contributed by atoms with Gasteiger partial charge in [0.15, 0.2) is 0 Å². The Morgan fingerprint density at radius 2 is 0.969 bits per heavy atom. The fraction of sp³-hybridized carbons (Fsp3) is 0.163. The van der Waals surface area contributed by atoms with Gasteiger partial charge in [-0.05, 0) is 88.3 Å². The number of benzene rings is 6. The molecule has 0 fully saturated rings. The highest BCUT2D eigenvalue weighted by atomic mass is 35.5. The summed E-state index contributed by atoms with van der Waals surface area (Å²) in [6.45, 7) is 0.123. The van der Waals surface area contributed by atoms with Crippen molar-refractivity contribution in [2.45, 2.75) is 30.8 Å². The molecule has 7 rings (SSSR count). The lowest BCUT2D eigenvalue weighted by Gasteiger charge is -2.19. The van der Waals surface area contributed by atoms with Gasteiger partial charge in [-0.15, -0.1) is 0 Å². The summed E-state index contributed by atoms with van der Waals surface area (Å²) in [4.78, 5) is 61.6. The van der Waals surface area contributed by atoms with Crippen molar-refractivity contribution in [1.82, 2.24) is 5.32 Å². The average Bonchev–Trinajstić information content (AvgIpc) is 3.62. The molecule has 12 nitrogen and oxygen atoms in total. The summed E-state index contributed by atoms with van der Waals surface area (Å²) < 4.78 is 15.1. The minimum absolute atomic E-state index is 0.104. The summed E-state index contributed by atoms with van der Waals surface area (Å²) in [5.41, 5.74) is 13.2. The van der Waals surface area contributed by atoms with Gasteiger partial charge in [-0.1, -0.05) is 131 Å². The number of ether oxygens (including phenoxy) is 3. The average molecular weight is 957 g/mol. The van der Waals surface area contributed by atoms with Crippen LogP contribution in [0.15, 0.2) is 133 Å². The van der Waals surface area contributed by atoms with E-state index in [0.29, 0.717) is 17.8 Å². The molecule has 0 aliphatic heterocycles. The van der Waals surface area contributed by atoms with Crippen molar-refractivity contribution in [3.63, 3.8) is 0 Å². The van der Waals surface area contributed by atoms with Crippen LogP contribution < -0.4 is 21.7 Å². The van der Waals surface area contributed by atoms with Gasteiger partial charge < -0.3 is 35.9 Å². The summed E-state index contributed by atoms with van der Waals surface area (Å²) in [5, 5.41) is 9.15. The molecule has 0 saturated heterocycles. The maximum Gasteiger partial charge on any atom is 0.407 e. The van der Waals surface area contributed by atoms with E-state index in [1.807, 2.05) is 36.4 Å². The van der Waals surface area contributed by atoms with E-state index in [-0.39, 0.29) is 50.2 Å². The molecule has 2 atom stereocenters. The number of esters is 2. The van der Waals surface area contributed by atoms with Crippen molar-refractivity contribution in [3.05, 3.63) is 187 Å². The lowest BCUT2D eigenvalue weighted by atomic mass is 9.98. The minimum atomic E-state index is -0.974. The molecule has 6 aromatic carbocycles. The summed E-state index contributed by atoms with van der Waals surface area (Å²) in [7, 11) is 2.55. The SMILES string of the molecule is COC(=O)[C@@H](N)Cc1ccc(NC(=O)c2c(Cl)cccc2Cl)cc1.COC(=O)[C@H](Cc1ccc(NC(=O)c2c(Cl)cccc2Cl)cc1)NC(=O)OCC1c2ccccc2-c2ccccc21. The number of carbonyl (C=O) groups excluding carboxylic acids is 5. The molecule has 5 N–H and O–H groups in total. The fourth-order valence-corrected chi connectivity index (χ4v) is 8.25. The van der Waals surface area contributed by atoms with Crippen molar-refractivity contribution >= 4 is 87.6 Å². The molecule has 0 unspecified atom stereocenters. The molecule has 0 bridgehead atoms. The van der Waals surface area contributed by atoms with Crippen LogP contribution in [0.2, 0.25) is 20.1 Å². The number of anilines is 2. The van der Waals surface area contributed by atoms with Crippen LogP contribution in [0, 0.1) is 0 Å². The lowest BCUT2D eigenvalue weighted by molar-refractivity contribution is -0.143. The van der Waals surface area contributed by atoms with Gasteiger partial charge in [-0.2, -0.15) is 0 Å². The van der Waals surface area contributed by atoms with Gasteiger partial charge in [0.05, 0.1) is 45.4 Å². The number of nitrogens with one attached hydrogen (secondary N) is 3. The Morgan fingerprint density at radius 3 is 1.40 bits per heavy atom. The van der Waals surface area contributed by atoms with Crippen LogP contribution in [0.25, 0.3) is 11.1 Å². The molecular formula is C49H42Cl4N4O8. The number of alkyl carbamates (subject to hydrolysis) is 1. The third kappa shape index (κ3) is 12.2. The maximum atomic E-state index is 12.8. The Hall–Kier alpha value is -6.41.